The molecule has 1 aliphatic heterocycles. The van der Waals surface area contributed by atoms with Crippen molar-refractivity contribution in [1.29, 1.82) is 0 Å². The van der Waals surface area contributed by atoms with E-state index in [4.69, 9.17) is 10.5 Å². The van der Waals surface area contributed by atoms with Crippen molar-refractivity contribution >= 4 is 0 Å². The summed E-state index contributed by atoms with van der Waals surface area (Å²) < 4.78 is 5.52. The van der Waals surface area contributed by atoms with Crippen LogP contribution in [0.5, 0.6) is 0 Å². The fraction of sp³-hybridized carbons (Fsp3) is 0.500. The fourth-order valence-electron chi connectivity index (χ4n) is 2.00. The standard InChI is InChI=1S/C12H17NO/c1-10-12(13,7-8-14-10)9-11-5-3-2-4-6-11/h2-6,10H,7-9,13H2,1H3. The van der Waals surface area contributed by atoms with Crippen LogP contribution in [0.15, 0.2) is 30.3 Å². The first-order valence-corrected chi connectivity index (χ1v) is 5.15. The third-order valence-electron chi connectivity index (χ3n) is 3.12. The van der Waals surface area contributed by atoms with Gasteiger partial charge in [-0.3, -0.25) is 0 Å². The van der Waals surface area contributed by atoms with Crippen molar-refractivity contribution in [2.24, 2.45) is 5.73 Å². The Balaban J connectivity index is 2.10. The molecule has 2 unspecified atom stereocenters. The maximum atomic E-state index is 6.31. The minimum atomic E-state index is -0.165. The highest BCUT2D eigenvalue weighted by atomic mass is 16.5. The van der Waals surface area contributed by atoms with Gasteiger partial charge in [0.25, 0.3) is 0 Å². The highest BCUT2D eigenvalue weighted by molar-refractivity contribution is 5.19. The van der Waals surface area contributed by atoms with Crippen LogP contribution in [-0.2, 0) is 11.2 Å². The quantitative estimate of drug-likeness (QED) is 0.772. The lowest BCUT2D eigenvalue weighted by Gasteiger charge is -2.27. The molecule has 1 heterocycles. The van der Waals surface area contributed by atoms with Gasteiger partial charge in [0.2, 0.25) is 0 Å². The van der Waals surface area contributed by atoms with E-state index in [1.165, 1.54) is 5.56 Å². The lowest BCUT2D eigenvalue weighted by Crippen LogP contribution is -2.47. The van der Waals surface area contributed by atoms with Crippen molar-refractivity contribution in [2.45, 2.75) is 31.4 Å². The minimum absolute atomic E-state index is 0.165. The summed E-state index contributed by atoms with van der Waals surface area (Å²) in [6, 6.07) is 10.4. The van der Waals surface area contributed by atoms with Crippen molar-refractivity contribution < 1.29 is 4.74 Å². The molecule has 0 bridgehead atoms. The Labute approximate surface area is 85.1 Å². The van der Waals surface area contributed by atoms with E-state index in [9.17, 15) is 0 Å². The van der Waals surface area contributed by atoms with Crippen LogP contribution in [-0.4, -0.2) is 18.2 Å². The number of hydrogen-bond donors (Lipinski definition) is 1. The van der Waals surface area contributed by atoms with Crippen LogP contribution in [0.25, 0.3) is 0 Å². The first kappa shape index (κ1) is 9.69. The molecule has 0 aromatic heterocycles. The first-order valence-electron chi connectivity index (χ1n) is 5.15. The third kappa shape index (κ3) is 1.81. The van der Waals surface area contributed by atoms with Crippen molar-refractivity contribution in [1.82, 2.24) is 0 Å². The predicted molar refractivity (Wildman–Crippen MR) is 57.1 cm³/mol. The summed E-state index contributed by atoms with van der Waals surface area (Å²) in [5, 5.41) is 0. The molecule has 0 aliphatic carbocycles. The van der Waals surface area contributed by atoms with E-state index in [-0.39, 0.29) is 11.6 Å². The van der Waals surface area contributed by atoms with E-state index < -0.39 is 0 Å². The van der Waals surface area contributed by atoms with Crippen molar-refractivity contribution in [3.05, 3.63) is 35.9 Å². The highest BCUT2D eigenvalue weighted by Crippen LogP contribution is 2.26. The Kier molecular flexibility index (Phi) is 2.57. The van der Waals surface area contributed by atoms with Crippen LogP contribution < -0.4 is 5.73 Å². The zero-order valence-corrected chi connectivity index (χ0v) is 8.57. The Hall–Kier alpha value is -0.860. The van der Waals surface area contributed by atoms with Crippen LogP contribution in [0, 0.1) is 0 Å². The van der Waals surface area contributed by atoms with Crippen LogP contribution in [0.3, 0.4) is 0 Å². The molecule has 1 aliphatic rings. The van der Waals surface area contributed by atoms with Crippen molar-refractivity contribution in [3.8, 4) is 0 Å². The summed E-state index contributed by atoms with van der Waals surface area (Å²) in [6.45, 7) is 2.86. The summed E-state index contributed by atoms with van der Waals surface area (Å²) in [6.07, 6.45) is 2.04. The molecule has 1 fully saturated rings. The average Bonchev–Trinajstić information content (AvgIpc) is 2.48. The van der Waals surface area contributed by atoms with E-state index in [1.807, 2.05) is 6.07 Å². The van der Waals surface area contributed by atoms with E-state index in [0.717, 1.165) is 19.4 Å². The maximum Gasteiger partial charge on any atom is 0.0730 e. The summed E-state index contributed by atoms with van der Waals surface area (Å²) in [5.74, 6) is 0. The summed E-state index contributed by atoms with van der Waals surface area (Å²) in [7, 11) is 0. The van der Waals surface area contributed by atoms with Crippen LogP contribution in [0.1, 0.15) is 18.9 Å². The van der Waals surface area contributed by atoms with Gasteiger partial charge in [0.15, 0.2) is 0 Å². The molecule has 14 heavy (non-hydrogen) atoms. The molecular weight excluding hydrogens is 174 g/mol. The van der Waals surface area contributed by atoms with Gasteiger partial charge in [-0.15, -0.1) is 0 Å². The van der Waals surface area contributed by atoms with Crippen LogP contribution in [0.2, 0.25) is 0 Å². The normalized spacial score (nSPS) is 32.0. The van der Waals surface area contributed by atoms with Gasteiger partial charge < -0.3 is 10.5 Å². The zero-order valence-electron chi connectivity index (χ0n) is 8.57. The molecule has 2 rings (SSSR count). The molecule has 2 nitrogen and oxygen atoms in total. The second-order valence-electron chi connectivity index (χ2n) is 4.16. The van der Waals surface area contributed by atoms with E-state index in [1.54, 1.807) is 0 Å². The van der Waals surface area contributed by atoms with Gasteiger partial charge in [-0.1, -0.05) is 30.3 Å². The SMILES string of the molecule is CC1OCCC1(N)Cc1ccccc1. The first-order chi connectivity index (χ1) is 6.71. The minimum Gasteiger partial charge on any atom is -0.377 e. The molecule has 76 valence electrons. The van der Waals surface area contributed by atoms with Crippen LogP contribution in [0.4, 0.5) is 0 Å². The van der Waals surface area contributed by atoms with Gasteiger partial charge >= 0.3 is 0 Å². The second-order valence-corrected chi connectivity index (χ2v) is 4.16. The summed E-state index contributed by atoms with van der Waals surface area (Å²) >= 11 is 0. The number of benzene rings is 1. The molecule has 2 N–H and O–H groups in total. The highest BCUT2D eigenvalue weighted by Gasteiger charge is 2.37. The maximum absolute atomic E-state index is 6.31. The molecular formula is C12H17NO. The Bertz CT molecular complexity index is 298. The molecule has 0 spiro atoms. The third-order valence-corrected chi connectivity index (χ3v) is 3.12. The van der Waals surface area contributed by atoms with Gasteiger partial charge in [-0.05, 0) is 25.3 Å². The van der Waals surface area contributed by atoms with Gasteiger partial charge in [0.1, 0.15) is 0 Å². The Morgan fingerprint density at radius 3 is 2.71 bits per heavy atom. The van der Waals surface area contributed by atoms with Gasteiger partial charge in [-0.2, -0.15) is 0 Å². The smallest absolute Gasteiger partial charge is 0.0730 e. The largest absolute Gasteiger partial charge is 0.377 e. The Morgan fingerprint density at radius 1 is 1.43 bits per heavy atom. The number of nitrogens with two attached hydrogens (primary N) is 1. The molecule has 0 radical (unpaired) electrons. The molecule has 2 atom stereocenters. The molecule has 1 saturated heterocycles. The van der Waals surface area contributed by atoms with Crippen LogP contribution >= 0.6 is 0 Å². The zero-order chi connectivity index (χ0) is 10.0. The molecule has 1 aromatic carbocycles. The molecule has 0 saturated carbocycles. The number of rotatable bonds is 2. The van der Waals surface area contributed by atoms with E-state index >= 15 is 0 Å². The van der Waals surface area contributed by atoms with Gasteiger partial charge in [0.05, 0.1) is 6.10 Å². The van der Waals surface area contributed by atoms with Crippen molar-refractivity contribution in [2.75, 3.05) is 6.61 Å². The number of ether oxygens (including phenoxy) is 1. The fourth-order valence-corrected chi connectivity index (χ4v) is 2.00. The molecule has 1 aromatic rings. The summed E-state index contributed by atoms with van der Waals surface area (Å²) in [5.41, 5.74) is 7.44. The Morgan fingerprint density at radius 2 is 2.14 bits per heavy atom. The van der Waals surface area contributed by atoms with Gasteiger partial charge in [-0.25, -0.2) is 0 Å². The predicted octanol–water partition coefficient (Wildman–Crippen LogP) is 1.74. The molecule has 2 heteroatoms. The lowest BCUT2D eigenvalue weighted by molar-refractivity contribution is 0.0955. The average molecular weight is 191 g/mol. The van der Waals surface area contributed by atoms with E-state index in [0.29, 0.717) is 0 Å². The summed E-state index contributed by atoms with van der Waals surface area (Å²) in [4.78, 5) is 0. The van der Waals surface area contributed by atoms with Crippen molar-refractivity contribution in [3.63, 3.8) is 0 Å². The number of hydrogen-bond acceptors (Lipinski definition) is 2. The molecule has 0 amide bonds. The topological polar surface area (TPSA) is 35.2 Å². The lowest BCUT2D eigenvalue weighted by atomic mass is 9.86. The monoisotopic (exact) mass is 191 g/mol. The second kappa shape index (κ2) is 3.71. The van der Waals surface area contributed by atoms with Gasteiger partial charge in [0, 0.05) is 12.1 Å². The van der Waals surface area contributed by atoms with E-state index in [2.05, 4.69) is 31.2 Å².